The maximum Gasteiger partial charge on any atom is 0.408 e. The highest BCUT2D eigenvalue weighted by atomic mass is 35.5. The van der Waals surface area contributed by atoms with E-state index in [4.69, 9.17) is 33.7 Å². The summed E-state index contributed by atoms with van der Waals surface area (Å²) in [4.78, 5) is 32.9. The summed E-state index contributed by atoms with van der Waals surface area (Å²) in [6, 6.07) is 4.26. The highest BCUT2D eigenvalue weighted by Crippen LogP contribution is 2.24. The summed E-state index contributed by atoms with van der Waals surface area (Å²) >= 11 is 11.6. The van der Waals surface area contributed by atoms with Crippen LogP contribution in [0, 0.1) is 0 Å². The van der Waals surface area contributed by atoms with E-state index in [0.717, 1.165) is 6.42 Å². The maximum absolute atomic E-state index is 11.6. The van der Waals surface area contributed by atoms with Crippen molar-refractivity contribution >= 4 is 46.9 Å². The first kappa shape index (κ1) is 24.8. The van der Waals surface area contributed by atoms with Gasteiger partial charge < -0.3 is 26.4 Å². The van der Waals surface area contributed by atoms with Gasteiger partial charge in [-0.05, 0) is 45.4 Å². The van der Waals surface area contributed by atoms with Crippen LogP contribution in [0.25, 0.3) is 0 Å². The van der Waals surface area contributed by atoms with E-state index >= 15 is 0 Å². The number of ether oxygens (including phenoxy) is 1. The molecule has 27 heavy (non-hydrogen) atoms. The Morgan fingerprint density at radius 1 is 1.11 bits per heavy atom. The molecule has 5 N–H and O–H groups in total. The zero-order valence-electron chi connectivity index (χ0n) is 15.8. The van der Waals surface area contributed by atoms with E-state index in [-0.39, 0.29) is 6.54 Å². The lowest BCUT2D eigenvalue weighted by molar-refractivity contribution is -0.115. The number of carbonyl (C=O) groups is 3. The summed E-state index contributed by atoms with van der Waals surface area (Å²) in [5, 5.41) is 8.10. The van der Waals surface area contributed by atoms with Crippen LogP contribution in [-0.4, -0.2) is 36.7 Å². The molecule has 0 aliphatic carbocycles. The molecule has 0 aromatic heterocycles. The van der Waals surface area contributed by atoms with Crippen LogP contribution < -0.4 is 21.7 Å². The highest BCUT2D eigenvalue weighted by Gasteiger charge is 2.16. The lowest BCUT2D eigenvalue weighted by Crippen LogP contribution is -2.37. The van der Waals surface area contributed by atoms with Crippen molar-refractivity contribution in [2.45, 2.75) is 39.7 Å². The third kappa shape index (κ3) is 13.6. The molecule has 0 saturated carbocycles. The minimum atomic E-state index is -0.651. The van der Waals surface area contributed by atoms with Gasteiger partial charge in [-0.25, -0.2) is 9.59 Å². The van der Waals surface area contributed by atoms with E-state index < -0.39 is 23.6 Å². The van der Waals surface area contributed by atoms with E-state index in [0.29, 0.717) is 22.3 Å². The van der Waals surface area contributed by atoms with Gasteiger partial charge in [-0.15, -0.1) is 0 Å². The number of hydrogen-bond acceptors (Lipinski definition) is 4. The molecule has 0 aliphatic heterocycles. The molecule has 1 rings (SSSR count). The molecule has 1 aromatic rings. The van der Waals surface area contributed by atoms with Crippen molar-refractivity contribution in [1.82, 2.24) is 10.6 Å². The van der Waals surface area contributed by atoms with Crippen LogP contribution in [0.3, 0.4) is 0 Å². The first-order chi connectivity index (χ1) is 12.4. The molecule has 0 bridgehead atoms. The minimum absolute atomic E-state index is 0.199. The number of alkyl carbamates (subject to hydrolysis) is 1. The number of benzene rings is 1. The van der Waals surface area contributed by atoms with E-state index in [9.17, 15) is 14.4 Å². The number of hydrogen-bond donors (Lipinski definition) is 4. The van der Waals surface area contributed by atoms with E-state index in [1.165, 1.54) is 6.07 Å². The third-order valence-electron chi connectivity index (χ3n) is 2.54. The molecule has 1 aromatic carbocycles. The number of amides is 4. The van der Waals surface area contributed by atoms with Crippen molar-refractivity contribution in [3.63, 3.8) is 0 Å². The van der Waals surface area contributed by atoms with E-state index in [2.05, 4.69) is 16.0 Å². The Hall–Kier alpha value is -2.19. The molecule has 0 heterocycles. The Kier molecular flexibility index (Phi) is 11.2. The quantitative estimate of drug-likeness (QED) is 0.581. The number of anilines is 1. The van der Waals surface area contributed by atoms with Crippen LogP contribution in [-0.2, 0) is 9.53 Å². The summed E-state index contributed by atoms with van der Waals surface area (Å²) in [6.45, 7) is 7.66. The Morgan fingerprint density at radius 2 is 1.74 bits per heavy atom. The number of rotatable bonds is 5. The van der Waals surface area contributed by atoms with Gasteiger partial charge in [-0.3, -0.25) is 4.79 Å². The van der Waals surface area contributed by atoms with Gasteiger partial charge in [-0.1, -0.05) is 30.1 Å². The van der Waals surface area contributed by atoms with Crippen LogP contribution >= 0.6 is 23.2 Å². The Labute approximate surface area is 169 Å². The van der Waals surface area contributed by atoms with Gasteiger partial charge in [0.1, 0.15) is 12.1 Å². The second-order valence-electron chi connectivity index (χ2n) is 6.32. The van der Waals surface area contributed by atoms with Crippen molar-refractivity contribution in [2.24, 2.45) is 5.73 Å². The number of urea groups is 1. The predicted octanol–water partition coefficient (Wildman–Crippen LogP) is 3.52. The molecule has 10 heteroatoms. The fraction of sp³-hybridized carbons (Fsp3) is 0.471. The monoisotopic (exact) mass is 420 g/mol. The van der Waals surface area contributed by atoms with Crippen LogP contribution in [0.5, 0.6) is 0 Å². The zero-order chi connectivity index (χ0) is 21.0. The lowest BCUT2D eigenvalue weighted by Gasteiger charge is -2.19. The van der Waals surface area contributed by atoms with E-state index in [1.807, 2.05) is 6.92 Å². The molecule has 0 radical (unpaired) electrons. The van der Waals surface area contributed by atoms with Crippen molar-refractivity contribution in [3.8, 4) is 0 Å². The standard InChI is InChI=1S/C13H16Cl2N2O3.C4H10N2O/c1-13(2,3)20-12(19)16-7-11(18)17-8-4-5-9(14)10(15)6-8;1-2-3-6-4(5)7/h4-6H,7H2,1-3H3,(H,16,19)(H,17,18);2-3H2,1H3,(H3,5,6,7). The molecule has 4 amide bonds. The first-order valence-corrected chi connectivity index (χ1v) is 8.95. The van der Waals surface area contributed by atoms with Gasteiger partial charge in [0, 0.05) is 12.2 Å². The summed E-state index contributed by atoms with van der Waals surface area (Å²) in [5.41, 5.74) is 4.62. The molecule has 0 fully saturated rings. The second-order valence-corrected chi connectivity index (χ2v) is 7.14. The third-order valence-corrected chi connectivity index (χ3v) is 3.28. The highest BCUT2D eigenvalue weighted by molar-refractivity contribution is 6.42. The SMILES string of the molecule is CC(C)(C)OC(=O)NCC(=O)Nc1ccc(Cl)c(Cl)c1.CCCNC(N)=O. The number of carbonyl (C=O) groups excluding carboxylic acids is 3. The van der Waals surface area contributed by atoms with Gasteiger partial charge in [-0.2, -0.15) is 0 Å². The largest absolute Gasteiger partial charge is 0.444 e. The normalized spacial score (nSPS) is 10.1. The average Bonchev–Trinajstić information content (AvgIpc) is 2.53. The van der Waals surface area contributed by atoms with E-state index in [1.54, 1.807) is 32.9 Å². The number of primary amides is 1. The lowest BCUT2D eigenvalue weighted by atomic mass is 10.2. The second kappa shape index (κ2) is 12.2. The molecular weight excluding hydrogens is 395 g/mol. The topological polar surface area (TPSA) is 123 Å². The summed E-state index contributed by atoms with van der Waals surface area (Å²) in [7, 11) is 0. The van der Waals surface area contributed by atoms with Crippen molar-refractivity contribution in [2.75, 3.05) is 18.4 Å². The van der Waals surface area contributed by atoms with Crippen molar-refractivity contribution in [3.05, 3.63) is 28.2 Å². The summed E-state index contributed by atoms with van der Waals surface area (Å²) in [5.74, 6) is -0.394. The molecule has 0 unspecified atom stereocenters. The van der Waals surface area contributed by atoms with Crippen molar-refractivity contribution < 1.29 is 19.1 Å². The molecule has 0 spiro atoms. The van der Waals surface area contributed by atoms with Crippen LogP contribution in [0.2, 0.25) is 10.0 Å². The van der Waals surface area contributed by atoms with Crippen molar-refractivity contribution in [1.29, 1.82) is 0 Å². The summed E-state index contributed by atoms with van der Waals surface area (Å²) in [6.07, 6.45) is 0.282. The molecular formula is C17H26Cl2N4O4. The Bertz CT molecular complexity index is 648. The van der Waals surface area contributed by atoms with Gasteiger partial charge in [0.2, 0.25) is 5.91 Å². The first-order valence-electron chi connectivity index (χ1n) is 8.19. The predicted molar refractivity (Wildman–Crippen MR) is 107 cm³/mol. The van der Waals surface area contributed by atoms with Gasteiger partial charge >= 0.3 is 12.1 Å². The van der Waals surface area contributed by atoms with Crippen LogP contribution in [0.15, 0.2) is 18.2 Å². The molecule has 0 atom stereocenters. The summed E-state index contributed by atoms with van der Waals surface area (Å²) < 4.78 is 5.00. The van der Waals surface area contributed by atoms with Gasteiger partial charge in [0.05, 0.1) is 10.0 Å². The van der Waals surface area contributed by atoms with Crippen LogP contribution in [0.4, 0.5) is 15.3 Å². The fourth-order valence-electron chi connectivity index (χ4n) is 1.49. The molecule has 152 valence electrons. The smallest absolute Gasteiger partial charge is 0.408 e. The van der Waals surface area contributed by atoms with Gasteiger partial charge in [0.15, 0.2) is 0 Å². The molecule has 0 aliphatic rings. The number of nitrogens with two attached hydrogens (primary N) is 1. The maximum atomic E-state index is 11.6. The molecule has 0 saturated heterocycles. The fourth-order valence-corrected chi connectivity index (χ4v) is 1.79. The Morgan fingerprint density at radius 3 is 2.19 bits per heavy atom. The van der Waals surface area contributed by atoms with Gasteiger partial charge in [0.25, 0.3) is 0 Å². The zero-order valence-corrected chi connectivity index (χ0v) is 17.3. The molecule has 8 nitrogen and oxygen atoms in total. The average molecular weight is 421 g/mol. The minimum Gasteiger partial charge on any atom is -0.444 e. The number of halogens is 2. The van der Waals surface area contributed by atoms with Crippen LogP contribution in [0.1, 0.15) is 34.1 Å². The number of nitrogens with one attached hydrogen (secondary N) is 3. The Balaban J connectivity index is 0.000000821.